The van der Waals surface area contributed by atoms with E-state index < -0.39 is 5.60 Å². The lowest BCUT2D eigenvalue weighted by Gasteiger charge is -2.40. The molecule has 19 heavy (non-hydrogen) atoms. The summed E-state index contributed by atoms with van der Waals surface area (Å²) in [5.74, 6) is -0.193. The van der Waals surface area contributed by atoms with E-state index in [0.29, 0.717) is 19.3 Å². The standard InChI is InChI=1S/C15H21NO3/c1-15(19)8-12(9-15)14(18)16-13(10-17)7-11-5-3-2-4-6-11/h2-6,12-13,17,19H,7-10H2,1H3,(H,16,18)/t12?,13-,15?/m0/s1. The normalized spacial score (nSPS) is 27.4. The highest BCUT2D eigenvalue weighted by molar-refractivity contribution is 5.80. The minimum absolute atomic E-state index is 0.0680. The van der Waals surface area contributed by atoms with E-state index in [4.69, 9.17) is 0 Å². The molecule has 0 radical (unpaired) electrons. The third-order valence-corrected chi connectivity index (χ3v) is 3.63. The molecule has 1 aromatic carbocycles. The van der Waals surface area contributed by atoms with Crippen molar-refractivity contribution in [1.82, 2.24) is 5.32 Å². The van der Waals surface area contributed by atoms with Crippen molar-refractivity contribution in [2.45, 2.75) is 37.8 Å². The monoisotopic (exact) mass is 263 g/mol. The molecule has 1 aliphatic rings. The van der Waals surface area contributed by atoms with Gasteiger partial charge in [0.2, 0.25) is 5.91 Å². The highest BCUT2D eigenvalue weighted by Crippen LogP contribution is 2.37. The number of carbonyl (C=O) groups excluding carboxylic acids is 1. The lowest BCUT2D eigenvalue weighted by Crippen LogP contribution is -2.51. The van der Waals surface area contributed by atoms with Gasteiger partial charge in [0.1, 0.15) is 0 Å². The van der Waals surface area contributed by atoms with E-state index in [2.05, 4.69) is 5.32 Å². The van der Waals surface area contributed by atoms with Gasteiger partial charge < -0.3 is 15.5 Å². The molecule has 0 unspecified atom stereocenters. The predicted molar refractivity (Wildman–Crippen MR) is 72.5 cm³/mol. The van der Waals surface area contributed by atoms with Crippen LogP contribution in [0.2, 0.25) is 0 Å². The molecule has 0 bridgehead atoms. The fourth-order valence-corrected chi connectivity index (χ4v) is 2.57. The molecule has 3 N–H and O–H groups in total. The molecule has 1 aliphatic carbocycles. The van der Waals surface area contributed by atoms with Gasteiger partial charge in [0.15, 0.2) is 0 Å². The molecule has 1 atom stereocenters. The molecule has 1 aromatic rings. The Balaban J connectivity index is 1.84. The van der Waals surface area contributed by atoms with Gasteiger partial charge in [-0.3, -0.25) is 4.79 Å². The Kier molecular flexibility index (Phi) is 4.22. The minimum Gasteiger partial charge on any atom is -0.394 e. The Bertz CT molecular complexity index is 422. The Hall–Kier alpha value is -1.39. The molecule has 4 nitrogen and oxygen atoms in total. The van der Waals surface area contributed by atoms with Crippen LogP contribution in [0, 0.1) is 5.92 Å². The van der Waals surface area contributed by atoms with Gasteiger partial charge >= 0.3 is 0 Å². The maximum absolute atomic E-state index is 11.9. The summed E-state index contributed by atoms with van der Waals surface area (Å²) in [7, 11) is 0. The predicted octanol–water partition coefficient (Wildman–Crippen LogP) is 0.867. The Morgan fingerprint density at radius 1 is 1.42 bits per heavy atom. The van der Waals surface area contributed by atoms with Gasteiger partial charge in [0.25, 0.3) is 0 Å². The van der Waals surface area contributed by atoms with Crippen molar-refractivity contribution in [2.75, 3.05) is 6.61 Å². The van der Waals surface area contributed by atoms with Gasteiger partial charge in [0, 0.05) is 5.92 Å². The fourth-order valence-electron chi connectivity index (χ4n) is 2.57. The zero-order chi connectivity index (χ0) is 13.9. The third-order valence-electron chi connectivity index (χ3n) is 3.63. The van der Waals surface area contributed by atoms with E-state index in [1.165, 1.54) is 0 Å². The smallest absolute Gasteiger partial charge is 0.223 e. The molecule has 1 saturated carbocycles. The van der Waals surface area contributed by atoms with E-state index in [9.17, 15) is 15.0 Å². The van der Waals surface area contributed by atoms with Crippen LogP contribution in [-0.4, -0.2) is 34.4 Å². The topological polar surface area (TPSA) is 69.6 Å². The summed E-state index contributed by atoms with van der Waals surface area (Å²) in [6, 6.07) is 9.50. The molecule has 4 heteroatoms. The number of aliphatic hydroxyl groups excluding tert-OH is 1. The Morgan fingerprint density at radius 2 is 2.05 bits per heavy atom. The van der Waals surface area contributed by atoms with Crippen LogP contribution in [-0.2, 0) is 11.2 Å². The summed E-state index contributed by atoms with van der Waals surface area (Å²) in [4.78, 5) is 11.9. The van der Waals surface area contributed by atoms with Gasteiger partial charge in [-0.2, -0.15) is 0 Å². The zero-order valence-corrected chi connectivity index (χ0v) is 11.2. The first-order valence-electron chi connectivity index (χ1n) is 6.68. The molecular weight excluding hydrogens is 242 g/mol. The largest absolute Gasteiger partial charge is 0.394 e. The molecule has 0 heterocycles. The SMILES string of the molecule is CC1(O)CC(C(=O)N[C@H](CO)Cc2ccccc2)C1. The first-order chi connectivity index (χ1) is 9.00. The molecule has 1 fully saturated rings. The van der Waals surface area contributed by atoms with Crippen LogP contribution in [0.4, 0.5) is 0 Å². The van der Waals surface area contributed by atoms with Crippen LogP contribution < -0.4 is 5.32 Å². The van der Waals surface area contributed by atoms with Gasteiger partial charge in [0.05, 0.1) is 18.2 Å². The average Bonchev–Trinajstić information content (AvgIpc) is 2.36. The lowest BCUT2D eigenvalue weighted by atomic mass is 9.71. The number of nitrogens with one attached hydrogen (secondary N) is 1. The summed E-state index contributed by atoms with van der Waals surface area (Å²) in [5, 5.41) is 21.8. The average molecular weight is 263 g/mol. The highest BCUT2D eigenvalue weighted by Gasteiger charge is 2.42. The summed E-state index contributed by atoms with van der Waals surface area (Å²) >= 11 is 0. The molecule has 104 valence electrons. The second kappa shape index (κ2) is 5.72. The van der Waals surface area contributed by atoms with Crippen LogP contribution in [0.3, 0.4) is 0 Å². The van der Waals surface area contributed by atoms with Gasteiger partial charge in [-0.05, 0) is 31.7 Å². The fraction of sp³-hybridized carbons (Fsp3) is 0.533. The first kappa shape index (κ1) is 14.0. The van der Waals surface area contributed by atoms with E-state index in [1.54, 1.807) is 6.92 Å². The van der Waals surface area contributed by atoms with Crippen molar-refractivity contribution in [3.8, 4) is 0 Å². The molecule has 0 spiro atoms. The lowest BCUT2D eigenvalue weighted by molar-refractivity contribution is -0.140. The van der Waals surface area contributed by atoms with Gasteiger partial charge in [-0.1, -0.05) is 30.3 Å². The quantitative estimate of drug-likeness (QED) is 0.738. The van der Waals surface area contributed by atoms with Crippen molar-refractivity contribution in [3.63, 3.8) is 0 Å². The molecule has 0 aromatic heterocycles. The highest BCUT2D eigenvalue weighted by atomic mass is 16.3. The number of rotatable bonds is 5. The summed E-state index contributed by atoms with van der Waals surface area (Å²) in [6.45, 7) is 1.66. The Labute approximate surface area is 113 Å². The number of hydrogen-bond donors (Lipinski definition) is 3. The van der Waals surface area contributed by atoms with E-state index in [-0.39, 0.29) is 24.5 Å². The van der Waals surface area contributed by atoms with Crippen molar-refractivity contribution in [2.24, 2.45) is 5.92 Å². The van der Waals surface area contributed by atoms with Gasteiger partial charge in [-0.15, -0.1) is 0 Å². The third kappa shape index (κ3) is 3.78. The van der Waals surface area contributed by atoms with Crippen LogP contribution in [0.5, 0.6) is 0 Å². The minimum atomic E-state index is -0.698. The van der Waals surface area contributed by atoms with E-state index in [1.807, 2.05) is 30.3 Å². The van der Waals surface area contributed by atoms with Crippen LogP contribution in [0.15, 0.2) is 30.3 Å². The molecule has 0 saturated heterocycles. The maximum atomic E-state index is 11.9. The second-order valence-electron chi connectivity index (χ2n) is 5.68. The van der Waals surface area contributed by atoms with Crippen molar-refractivity contribution in [3.05, 3.63) is 35.9 Å². The van der Waals surface area contributed by atoms with Crippen LogP contribution in [0.1, 0.15) is 25.3 Å². The molecule has 1 amide bonds. The number of hydrogen-bond acceptors (Lipinski definition) is 3. The molecular formula is C15H21NO3. The summed E-state index contributed by atoms with van der Waals surface area (Å²) in [6.07, 6.45) is 1.62. The molecule has 0 aliphatic heterocycles. The number of amides is 1. The van der Waals surface area contributed by atoms with Crippen molar-refractivity contribution < 1.29 is 15.0 Å². The van der Waals surface area contributed by atoms with Crippen LogP contribution in [0.25, 0.3) is 0 Å². The summed E-state index contributed by atoms with van der Waals surface area (Å²) < 4.78 is 0. The number of carbonyl (C=O) groups is 1. The zero-order valence-electron chi connectivity index (χ0n) is 11.2. The second-order valence-corrected chi connectivity index (χ2v) is 5.68. The van der Waals surface area contributed by atoms with Gasteiger partial charge in [-0.25, -0.2) is 0 Å². The Morgan fingerprint density at radius 3 is 2.58 bits per heavy atom. The summed E-state index contributed by atoms with van der Waals surface area (Å²) in [5.41, 5.74) is 0.387. The van der Waals surface area contributed by atoms with E-state index in [0.717, 1.165) is 5.56 Å². The van der Waals surface area contributed by atoms with Crippen LogP contribution >= 0.6 is 0 Å². The van der Waals surface area contributed by atoms with E-state index >= 15 is 0 Å². The number of benzene rings is 1. The number of aliphatic hydroxyl groups is 2. The maximum Gasteiger partial charge on any atom is 0.223 e. The molecule has 2 rings (SSSR count). The van der Waals surface area contributed by atoms with Crippen molar-refractivity contribution >= 4 is 5.91 Å². The van der Waals surface area contributed by atoms with Crippen molar-refractivity contribution in [1.29, 1.82) is 0 Å². The first-order valence-corrected chi connectivity index (χ1v) is 6.68.